The van der Waals surface area contributed by atoms with Crippen molar-refractivity contribution in [1.82, 2.24) is 4.90 Å². The summed E-state index contributed by atoms with van der Waals surface area (Å²) >= 11 is 3.46. The molecule has 0 heterocycles. The first-order valence-electron chi connectivity index (χ1n) is 5.67. The van der Waals surface area contributed by atoms with E-state index >= 15 is 0 Å². The van der Waals surface area contributed by atoms with Gasteiger partial charge in [-0.1, -0.05) is 6.07 Å². The van der Waals surface area contributed by atoms with Crippen LogP contribution in [0.5, 0.6) is 0 Å². The third-order valence-corrected chi connectivity index (χ3v) is 3.41. The maximum atomic E-state index is 11.8. The highest BCUT2D eigenvalue weighted by atomic mass is 79.9. The van der Waals surface area contributed by atoms with Gasteiger partial charge in [-0.2, -0.15) is 0 Å². The number of carbonyl (C=O) groups excluding carboxylic acids is 1. The smallest absolute Gasteiger partial charge is 0.241 e. The second-order valence-corrected chi connectivity index (χ2v) is 5.29. The highest BCUT2D eigenvalue weighted by Gasteiger charge is 2.11. The summed E-state index contributed by atoms with van der Waals surface area (Å²) in [5, 5.41) is 3.15. The van der Waals surface area contributed by atoms with Crippen LogP contribution in [0.3, 0.4) is 0 Å². The van der Waals surface area contributed by atoms with Crippen LogP contribution in [0.2, 0.25) is 0 Å². The van der Waals surface area contributed by atoms with Gasteiger partial charge in [0.1, 0.15) is 0 Å². The SMILES string of the molecule is Cc1ccc(Br)c(NCC(=O)N(C)C(C)C)c1. The Balaban J connectivity index is 2.61. The molecule has 0 saturated heterocycles. The maximum Gasteiger partial charge on any atom is 0.241 e. The largest absolute Gasteiger partial charge is 0.375 e. The molecule has 17 heavy (non-hydrogen) atoms. The van der Waals surface area contributed by atoms with Crippen LogP contribution in [0, 0.1) is 6.92 Å². The fourth-order valence-electron chi connectivity index (χ4n) is 1.36. The average Bonchev–Trinajstić information content (AvgIpc) is 2.28. The van der Waals surface area contributed by atoms with E-state index in [1.165, 1.54) is 5.56 Å². The van der Waals surface area contributed by atoms with Crippen molar-refractivity contribution in [1.29, 1.82) is 0 Å². The maximum absolute atomic E-state index is 11.8. The van der Waals surface area contributed by atoms with Crippen LogP contribution in [0.1, 0.15) is 19.4 Å². The molecule has 3 nitrogen and oxygen atoms in total. The number of anilines is 1. The molecule has 0 aliphatic carbocycles. The molecule has 1 aromatic rings. The summed E-state index contributed by atoms with van der Waals surface area (Å²) in [6.07, 6.45) is 0. The molecule has 1 N–H and O–H groups in total. The predicted octanol–water partition coefficient (Wildman–Crippen LogP) is 3.04. The molecule has 0 fully saturated rings. The zero-order chi connectivity index (χ0) is 13.0. The Morgan fingerprint density at radius 1 is 1.47 bits per heavy atom. The third kappa shape index (κ3) is 4.04. The molecule has 0 bridgehead atoms. The number of aryl methyl sites for hydroxylation is 1. The summed E-state index contributed by atoms with van der Waals surface area (Å²) in [4.78, 5) is 13.5. The molecule has 0 saturated carbocycles. The molecule has 0 unspecified atom stereocenters. The number of hydrogen-bond donors (Lipinski definition) is 1. The van der Waals surface area contributed by atoms with Crippen LogP contribution in [-0.4, -0.2) is 30.4 Å². The molecule has 1 amide bonds. The van der Waals surface area contributed by atoms with E-state index in [4.69, 9.17) is 0 Å². The molecule has 0 atom stereocenters. The molecule has 0 radical (unpaired) electrons. The van der Waals surface area contributed by atoms with Crippen LogP contribution in [-0.2, 0) is 4.79 Å². The normalized spacial score (nSPS) is 10.5. The van der Waals surface area contributed by atoms with Gasteiger partial charge in [-0.25, -0.2) is 0 Å². The topological polar surface area (TPSA) is 32.3 Å². The number of amides is 1. The minimum absolute atomic E-state index is 0.0911. The van der Waals surface area contributed by atoms with Crippen LogP contribution in [0.15, 0.2) is 22.7 Å². The number of halogens is 1. The van der Waals surface area contributed by atoms with Crippen molar-refractivity contribution in [3.63, 3.8) is 0 Å². The highest BCUT2D eigenvalue weighted by molar-refractivity contribution is 9.10. The van der Waals surface area contributed by atoms with Crippen LogP contribution in [0.4, 0.5) is 5.69 Å². The number of rotatable bonds is 4. The number of hydrogen-bond acceptors (Lipinski definition) is 2. The van der Waals surface area contributed by atoms with Gasteiger partial charge >= 0.3 is 0 Å². The number of carbonyl (C=O) groups is 1. The van der Waals surface area contributed by atoms with Crippen molar-refractivity contribution in [2.75, 3.05) is 18.9 Å². The predicted molar refractivity (Wildman–Crippen MR) is 75.3 cm³/mol. The van der Waals surface area contributed by atoms with E-state index in [1.54, 1.807) is 4.90 Å². The molecular formula is C13H19BrN2O. The minimum atomic E-state index is 0.0911. The number of benzene rings is 1. The Labute approximate surface area is 111 Å². The first kappa shape index (κ1) is 14.0. The lowest BCUT2D eigenvalue weighted by Gasteiger charge is -2.22. The van der Waals surface area contributed by atoms with Gasteiger partial charge in [-0.3, -0.25) is 4.79 Å². The second kappa shape index (κ2) is 6.05. The summed E-state index contributed by atoms with van der Waals surface area (Å²) in [5.74, 6) is 0.0911. The van der Waals surface area contributed by atoms with Gasteiger partial charge in [-0.05, 0) is 54.4 Å². The molecule has 0 aliphatic heterocycles. The fraction of sp³-hybridized carbons (Fsp3) is 0.462. The summed E-state index contributed by atoms with van der Waals surface area (Å²) in [5.41, 5.74) is 2.12. The van der Waals surface area contributed by atoms with Gasteiger partial charge < -0.3 is 10.2 Å². The zero-order valence-electron chi connectivity index (χ0n) is 10.7. The average molecular weight is 299 g/mol. The summed E-state index contributed by atoms with van der Waals surface area (Å²) in [7, 11) is 1.82. The first-order valence-corrected chi connectivity index (χ1v) is 6.46. The third-order valence-electron chi connectivity index (χ3n) is 2.72. The van der Waals surface area contributed by atoms with Crippen molar-refractivity contribution in [3.05, 3.63) is 28.2 Å². The Hall–Kier alpha value is -1.03. The molecule has 0 aliphatic rings. The second-order valence-electron chi connectivity index (χ2n) is 4.44. The van der Waals surface area contributed by atoms with Gasteiger partial charge in [0.05, 0.1) is 6.54 Å². The van der Waals surface area contributed by atoms with E-state index in [0.717, 1.165) is 10.2 Å². The van der Waals surface area contributed by atoms with Crippen molar-refractivity contribution < 1.29 is 4.79 Å². The number of nitrogens with zero attached hydrogens (tertiary/aromatic N) is 1. The van der Waals surface area contributed by atoms with Crippen LogP contribution >= 0.6 is 15.9 Å². The van der Waals surface area contributed by atoms with Crippen molar-refractivity contribution >= 4 is 27.5 Å². The van der Waals surface area contributed by atoms with Crippen LogP contribution < -0.4 is 5.32 Å². The zero-order valence-corrected chi connectivity index (χ0v) is 12.3. The van der Waals surface area contributed by atoms with E-state index < -0.39 is 0 Å². The number of nitrogens with one attached hydrogen (secondary N) is 1. The highest BCUT2D eigenvalue weighted by Crippen LogP contribution is 2.23. The lowest BCUT2D eigenvalue weighted by atomic mass is 10.2. The molecule has 0 spiro atoms. The van der Waals surface area contributed by atoms with Gasteiger partial charge in [-0.15, -0.1) is 0 Å². The molecular weight excluding hydrogens is 280 g/mol. The van der Waals surface area contributed by atoms with E-state index in [-0.39, 0.29) is 11.9 Å². The summed E-state index contributed by atoms with van der Waals surface area (Å²) in [6, 6.07) is 6.25. The van der Waals surface area contributed by atoms with Gasteiger partial charge in [0.15, 0.2) is 0 Å². The lowest BCUT2D eigenvalue weighted by molar-refractivity contribution is -0.129. The fourth-order valence-corrected chi connectivity index (χ4v) is 1.74. The quantitative estimate of drug-likeness (QED) is 0.927. The Morgan fingerprint density at radius 2 is 2.12 bits per heavy atom. The molecule has 4 heteroatoms. The minimum Gasteiger partial charge on any atom is -0.375 e. The number of likely N-dealkylation sites (N-methyl/N-ethyl adjacent to an activating group) is 1. The monoisotopic (exact) mass is 298 g/mol. The van der Waals surface area contributed by atoms with Gasteiger partial charge in [0, 0.05) is 23.2 Å². The summed E-state index contributed by atoms with van der Waals surface area (Å²) < 4.78 is 0.975. The molecule has 1 rings (SSSR count). The van der Waals surface area contributed by atoms with Crippen molar-refractivity contribution in [2.24, 2.45) is 0 Å². The van der Waals surface area contributed by atoms with E-state index in [0.29, 0.717) is 6.54 Å². The Kier molecular flexibility index (Phi) is 5.00. The molecule has 1 aromatic carbocycles. The Bertz CT molecular complexity index is 404. The van der Waals surface area contributed by atoms with Gasteiger partial charge in [0.2, 0.25) is 5.91 Å². The Morgan fingerprint density at radius 3 is 2.71 bits per heavy atom. The van der Waals surface area contributed by atoms with E-state index in [9.17, 15) is 4.79 Å². The van der Waals surface area contributed by atoms with E-state index in [1.807, 2.05) is 46.0 Å². The van der Waals surface area contributed by atoms with Crippen molar-refractivity contribution in [3.8, 4) is 0 Å². The lowest BCUT2D eigenvalue weighted by Crippen LogP contribution is -2.37. The molecule has 94 valence electrons. The van der Waals surface area contributed by atoms with E-state index in [2.05, 4.69) is 21.2 Å². The van der Waals surface area contributed by atoms with Gasteiger partial charge in [0.25, 0.3) is 0 Å². The van der Waals surface area contributed by atoms with Crippen molar-refractivity contribution in [2.45, 2.75) is 26.8 Å². The standard InChI is InChI=1S/C13H19BrN2O/c1-9(2)16(4)13(17)8-15-12-7-10(3)5-6-11(12)14/h5-7,9,15H,8H2,1-4H3. The molecule has 0 aromatic heterocycles. The first-order chi connectivity index (χ1) is 7.91. The summed E-state index contributed by atoms with van der Waals surface area (Å²) in [6.45, 7) is 6.34. The van der Waals surface area contributed by atoms with Crippen LogP contribution in [0.25, 0.3) is 0 Å².